The van der Waals surface area contributed by atoms with Gasteiger partial charge in [0.1, 0.15) is 11.2 Å². The van der Waals surface area contributed by atoms with Crippen LogP contribution in [0.3, 0.4) is 0 Å². The molecule has 3 aromatic rings. The number of nitrogens with two attached hydrogens (primary N) is 1. The molecule has 0 radical (unpaired) electrons. The van der Waals surface area contributed by atoms with Crippen LogP contribution in [-0.4, -0.2) is 19.9 Å². The van der Waals surface area contributed by atoms with Crippen molar-refractivity contribution >= 4 is 17.1 Å². The minimum absolute atomic E-state index is 0.190. The molecular weight excluding hydrogens is 240 g/mol. The summed E-state index contributed by atoms with van der Waals surface area (Å²) in [6.07, 6.45) is 1.96. The Labute approximate surface area is 109 Å². The van der Waals surface area contributed by atoms with E-state index in [1.54, 1.807) is 6.33 Å². The van der Waals surface area contributed by atoms with Gasteiger partial charge in [-0.25, -0.2) is 9.97 Å². The van der Waals surface area contributed by atoms with E-state index in [2.05, 4.69) is 26.0 Å². The van der Waals surface area contributed by atoms with Crippen LogP contribution in [-0.2, 0) is 6.42 Å². The molecule has 6 heteroatoms. The Hall–Kier alpha value is -2.94. The summed E-state index contributed by atoms with van der Waals surface area (Å²) in [6.45, 7) is 0. The van der Waals surface area contributed by atoms with Crippen LogP contribution in [0.1, 0.15) is 5.56 Å². The minimum atomic E-state index is 0.190. The third-order valence-electron chi connectivity index (χ3n) is 2.81. The van der Waals surface area contributed by atoms with Crippen molar-refractivity contribution in [2.45, 2.75) is 6.42 Å². The number of anilines is 1. The maximum Gasteiger partial charge on any atom is 0.222 e. The Morgan fingerprint density at radius 3 is 2.74 bits per heavy atom. The summed E-state index contributed by atoms with van der Waals surface area (Å²) < 4.78 is 0. The maximum absolute atomic E-state index is 8.66. The van der Waals surface area contributed by atoms with Crippen molar-refractivity contribution in [1.82, 2.24) is 19.9 Å². The maximum atomic E-state index is 8.66. The summed E-state index contributed by atoms with van der Waals surface area (Å²) in [5.74, 6) is 0.190. The molecule has 0 bridgehead atoms. The van der Waals surface area contributed by atoms with Gasteiger partial charge in [0, 0.05) is 5.56 Å². The number of imidazole rings is 1. The van der Waals surface area contributed by atoms with Crippen LogP contribution >= 0.6 is 0 Å². The van der Waals surface area contributed by atoms with Crippen molar-refractivity contribution in [2.24, 2.45) is 0 Å². The predicted octanol–water partition coefficient (Wildman–Crippen LogP) is 1.67. The van der Waals surface area contributed by atoms with Crippen molar-refractivity contribution in [3.63, 3.8) is 0 Å². The number of nitrogen functional groups attached to an aromatic ring is 1. The Balaban J connectivity index is 2.13. The molecule has 0 saturated heterocycles. The number of hydrogen-bond donors (Lipinski definition) is 2. The van der Waals surface area contributed by atoms with Crippen LogP contribution in [0.5, 0.6) is 0 Å². The molecule has 0 amide bonds. The molecule has 92 valence electrons. The number of nitrogens with zero attached hydrogens (tertiary/aromatic N) is 4. The lowest BCUT2D eigenvalue weighted by Crippen LogP contribution is -1.98. The predicted molar refractivity (Wildman–Crippen MR) is 70.8 cm³/mol. The van der Waals surface area contributed by atoms with Gasteiger partial charge in [0.15, 0.2) is 5.65 Å². The second kappa shape index (κ2) is 4.38. The van der Waals surface area contributed by atoms with Crippen LogP contribution in [0.4, 0.5) is 5.95 Å². The number of aromatic amines is 1. The summed E-state index contributed by atoms with van der Waals surface area (Å²) in [5.41, 5.74) is 9.56. The molecule has 6 nitrogen and oxygen atoms in total. The van der Waals surface area contributed by atoms with Crippen LogP contribution in [0.25, 0.3) is 22.4 Å². The highest BCUT2D eigenvalue weighted by molar-refractivity contribution is 5.87. The van der Waals surface area contributed by atoms with Gasteiger partial charge in [-0.15, -0.1) is 0 Å². The quantitative estimate of drug-likeness (QED) is 0.719. The fourth-order valence-corrected chi connectivity index (χ4v) is 1.93. The average Bonchev–Trinajstić information content (AvgIpc) is 2.87. The van der Waals surface area contributed by atoms with E-state index in [1.807, 2.05) is 24.3 Å². The number of nitriles is 1. The third kappa shape index (κ3) is 1.98. The van der Waals surface area contributed by atoms with E-state index >= 15 is 0 Å². The van der Waals surface area contributed by atoms with E-state index in [-0.39, 0.29) is 5.95 Å². The first-order valence-electron chi connectivity index (χ1n) is 5.71. The topological polar surface area (TPSA) is 104 Å². The highest BCUT2D eigenvalue weighted by Gasteiger charge is 2.10. The second-order valence-electron chi connectivity index (χ2n) is 4.06. The number of aromatic nitrogens is 4. The molecular formula is C13H10N6. The molecule has 0 aliphatic carbocycles. The number of nitrogens with one attached hydrogen (secondary N) is 1. The van der Waals surface area contributed by atoms with Gasteiger partial charge in [0.2, 0.25) is 5.95 Å². The van der Waals surface area contributed by atoms with Gasteiger partial charge in [0.05, 0.1) is 18.8 Å². The van der Waals surface area contributed by atoms with Gasteiger partial charge in [-0.1, -0.05) is 24.3 Å². The number of H-pyrrole nitrogens is 1. The van der Waals surface area contributed by atoms with E-state index < -0.39 is 0 Å². The van der Waals surface area contributed by atoms with E-state index in [9.17, 15) is 0 Å². The monoisotopic (exact) mass is 250 g/mol. The standard InChI is InChI=1S/C13H10N6/c14-6-5-8-1-3-9(4-2-8)10-11-12(17-7-16-11)19-13(15)18-10/h1-4,7H,5H2,(H3,15,16,17,18,19). The van der Waals surface area contributed by atoms with Gasteiger partial charge in [-0.2, -0.15) is 10.2 Å². The van der Waals surface area contributed by atoms with Crippen molar-refractivity contribution in [3.8, 4) is 17.3 Å². The van der Waals surface area contributed by atoms with Crippen LogP contribution < -0.4 is 5.73 Å². The van der Waals surface area contributed by atoms with Gasteiger partial charge in [0.25, 0.3) is 0 Å². The van der Waals surface area contributed by atoms with Crippen LogP contribution in [0, 0.1) is 11.3 Å². The highest BCUT2D eigenvalue weighted by atomic mass is 15.1. The molecule has 2 aromatic heterocycles. The lowest BCUT2D eigenvalue weighted by molar-refractivity contribution is 1.21. The van der Waals surface area contributed by atoms with Crippen molar-refractivity contribution in [2.75, 3.05) is 5.73 Å². The normalized spacial score (nSPS) is 10.5. The van der Waals surface area contributed by atoms with Gasteiger partial charge in [-0.3, -0.25) is 0 Å². The summed E-state index contributed by atoms with van der Waals surface area (Å²) in [6, 6.07) is 9.74. The van der Waals surface area contributed by atoms with E-state index in [4.69, 9.17) is 11.0 Å². The lowest BCUT2D eigenvalue weighted by atomic mass is 10.1. The molecule has 0 fully saturated rings. The first kappa shape index (κ1) is 11.2. The fraction of sp³-hybridized carbons (Fsp3) is 0.0769. The van der Waals surface area contributed by atoms with Gasteiger partial charge < -0.3 is 10.7 Å². The zero-order valence-electron chi connectivity index (χ0n) is 9.96. The molecule has 2 heterocycles. The molecule has 0 saturated carbocycles. The molecule has 3 N–H and O–H groups in total. The number of rotatable bonds is 2. The molecule has 19 heavy (non-hydrogen) atoms. The van der Waals surface area contributed by atoms with Crippen molar-refractivity contribution in [1.29, 1.82) is 5.26 Å². The van der Waals surface area contributed by atoms with Crippen LogP contribution in [0.2, 0.25) is 0 Å². The van der Waals surface area contributed by atoms with E-state index in [0.29, 0.717) is 17.8 Å². The number of hydrogen-bond acceptors (Lipinski definition) is 5. The smallest absolute Gasteiger partial charge is 0.222 e. The Morgan fingerprint density at radius 2 is 2.00 bits per heavy atom. The Morgan fingerprint density at radius 1 is 1.21 bits per heavy atom. The number of fused-ring (bicyclic) bond motifs is 1. The zero-order valence-corrected chi connectivity index (χ0v) is 9.96. The summed E-state index contributed by atoms with van der Waals surface area (Å²) >= 11 is 0. The molecule has 1 aromatic carbocycles. The first-order valence-corrected chi connectivity index (χ1v) is 5.71. The van der Waals surface area contributed by atoms with Crippen LogP contribution in [0.15, 0.2) is 30.6 Å². The molecule has 0 aliphatic heterocycles. The second-order valence-corrected chi connectivity index (χ2v) is 4.06. The van der Waals surface area contributed by atoms with Crippen molar-refractivity contribution in [3.05, 3.63) is 36.2 Å². The van der Waals surface area contributed by atoms with Crippen molar-refractivity contribution < 1.29 is 0 Å². The fourth-order valence-electron chi connectivity index (χ4n) is 1.93. The minimum Gasteiger partial charge on any atom is -0.368 e. The van der Waals surface area contributed by atoms with E-state index in [0.717, 1.165) is 16.6 Å². The summed E-state index contributed by atoms with van der Waals surface area (Å²) in [5, 5.41) is 8.66. The summed E-state index contributed by atoms with van der Waals surface area (Å²) in [4.78, 5) is 15.4. The average molecular weight is 250 g/mol. The molecule has 0 unspecified atom stereocenters. The number of benzene rings is 1. The molecule has 0 spiro atoms. The molecule has 3 rings (SSSR count). The Kier molecular flexibility index (Phi) is 2.58. The zero-order chi connectivity index (χ0) is 13.2. The summed E-state index contributed by atoms with van der Waals surface area (Å²) in [7, 11) is 0. The largest absolute Gasteiger partial charge is 0.368 e. The molecule has 0 atom stereocenters. The lowest BCUT2D eigenvalue weighted by Gasteiger charge is -2.04. The Bertz CT molecular complexity index is 766. The molecule has 0 aliphatic rings. The van der Waals surface area contributed by atoms with Gasteiger partial charge >= 0.3 is 0 Å². The third-order valence-corrected chi connectivity index (χ3v) is 2.81. The highest BCUT2D eigenvalue weighted by Crippen LogP contribution is 2.24. The van der Waals surface area contributed by atoms with Gasteiger partial charge in [-0.05, 0) is 5.56 Å². The first-order chi connectivity index (χ1) is 9.28. The SMILES string of the molecule is N#CCc1ccc(-c2nc(N)nc3nc[nH]c23)cc1. The van der Waals surface area contributed by atoms with E-state index in [1.165, 1.54) is 0 Å².